The van der Waals surface area contributed by atoms with Crippen LogP contribution in [-0.4, -0.2) is 13.0 Å². The van der Waals surface area contributed by atoms with Crippen LogP contribution in [0.4, 0.5) is 5.69 Å². The number of nitrogens with two attached hydrogens (primary N) is 1. The van der Waals surface area contributed by atoms with Gasteiger partial charge in [0.1, 0.15) is 0 Å². The fourth-order valence-corrected chi connectivity index (χ4v) is 1.14. The lowest BCUT2D eigenvalue weighted by molar-refractivity contribution is 1.38. The number of aliphatic imine (C=N–C) groups is 1. The quantitative estimate of drug-likeness (QED) is 0.561. The minimum absolute atomic E-state index is 0.296. The van der Waals surface area contributed by atoms with Gasteiger partial charge in [-0.2, -0.15) is 0 Å². The number of anilines is 1. The molecule has 3 N–H and O–H groups in total. The van der Waals surface area contributed by atoms with Crippen molar-refractivity contribution in [2.45, 2.75) is 0 Å². The minimum atomic E-state index is 0.296. The van der Waals surface area contributed by atoms with Crippen LogP contribution in [0.15, 0.2) is 23.2 Å². The van der Waals surface area contributed by atoms with Crippen LogP contribution in [0.5, 0.6) is 0 Å². The zero-order valence-electron chi connectivity index (χ0n) is 7.01. The summed E-state index contributed by atoms with van der Waals surface area (Å²) in [6.45, 7) is 0. The molecule has 0 atom stereocenters. The van der Waals surface area contributed by atoms with Crippen LogP contribution < -0.4 is 11.1 Å². The molecule has 70 valence electrons. The van der Waals surface area contributed by atoms with Crippen molar-refractivity contribution in [2.75, 3.05) is 12.4 Å². The Bertz CT molecular complexity index is 336. The predicted molar refractivity (Wildman–Crippen MR) is 57.6 cm³/mol. The molecule has 0 aliphatic carbocycles. The topological polar surface area (TPSA) is 50.4 Å². The number of benzene rings is 1. The van der Waals surface area contributed by atoms with Crippen LogP contribution in [0.1, 0.15) is 0 Å². The first kappa shape index (κ1) is 10.2. The first-order valence-corrected chi connectivity index (χ1v) is 4.34. The summed E-state index contributed by atoms with van der Waals surface area (Å²) in [4.78, 5) is 3.74. The molecule has 13 heavy (non-hydrogen) atoms. The van der Waals surface area contributed by atoms with E-state index in [0.717, 1.165) is 0 Å². The Labute approximate surface area is 86.6 Å². The molecule has 0 aliphatic rings. The summed E-state index contributed by atoms with van der Waals surface area (Å²) in [6, 6.07) is 5.25. The number of nitrogens with one attached hydrogen (secondary N) is 1. The number of guanidine groups is 1. The molecule has 1 aromatic rings. The minimum Gasteiger partial charge on any atom is -0.370 e. The molecule has 0 bridgehead atoms. The second-order valence-electron chi connectivity index (χ2n) is 2.34. The van der Waals surface area contributed by atoms with Gasteiger partial charge in [-0.1, -0.05) is 29.3 Å². The smallest absolute Gasteiger partial charge is 0.192 e. The van der Waals surface area contributed by atoms with E-state index in [0.29, 0.717) is 21.7 Å². The third-order valence-electron chi connectivity index (χ3n) is 1.46. The lowest BCUT2D eigenvalue weighted by atomic mass is 10.3. The standard InChI is InChI=1S/C8H9Cl2N3/c1-12-8(11)13-6-4-2-3-5(9)7(6)10/h2-4H,1H3,(H3,11,12,13). The molecule has 0 aliphatic heterocycles. The first-order chi connectivity index (χ1) is 6.15. The molecule has 5 heteroatoms. The van der Waals surface area contributed by atoms with E-state index in [4.69, 9.17) is 28.9 Å². The number of hydrogen-bond acceptors (Lipinski definition) is 1. The van der Waals surface area contributed by atoms with Gasteiger partial charge < -0.3 is 11.1 Å². The number of rotatable bonds is 1. The van der Waals surface area contributed by atoms with Crippen molar-refractivity contribution in [1.82, 2.24) is 0 Å². The highest BCUT2D eigenvalue weighted by Crippen LogP contribution is 2.29. The van der Waals surface area contributed by atoms with Crippen LogP contribution >= 0.6 is 23.2 Å². The Balaban J connectivity index is 2.96. The van der Waals surface area contributed by atoms with Gasteiger partial charge in [0.2, 0.25) is 0 Å². The Kier molecular flexibility index (Phi) is 3.39. The van der Waals surface area contributed by atoms with E-state index in [9.17, 15) is 0 Å². The van der Waals surface area contributed by atoms with Crippen LogP contribution in [-0.2, 0) is 0 Å². The zero-order chi connectivity index (χ0) is 9.84. The summed E-state index contributed by atoms with van der Waals surface area (Å²) in [5.41, 5.74) is 6.11. The van der Waals surface area contributed by atoms with E-state index < -0.39 is 0 Å². The summed E-state index contributed by atoms with van der Waals surface area (Å²) in [7, 11) is 1.58. The monoisotopic (exact) mass is 217 g/mol. The van der Waals surface area contributed by atoms with Crippen molar-refractivity contribution in [3.05, 3.63) is 28.2 Å². The maximum atomic E-state index is 5.89. The first-order valence-electron chi connectivity index (χ1n) is 3.58. The van der Waals surface area contributed by atoms with Gasteiger partial charge in [0.25, 0.3) is 0 Å². The molecule has 3 nitrogen and oxygen atoms in total. The highest BCUT2D eigenvalue weighted by molar-refractivity contribution is 6.43. The Hall–Kier alpha value is -0.930. The van der Waals surface area contributed by atoms with Gasteiger partial charge in [-0.25, -0.2) is 0 Å². The van der Waals surface area contributed by atoms with Crippen molar-refractivity contribution in [2.24, 2.45) is 10.7 Å². The van der Waals surface area contributed by atoms with Gasteiger partial charge in [0, 0.05) is 7.05 Å². The normalized spacial score (nSPS) is 11.5. The van der Waals surface area contributed by atoms with Gasteiger partial charge in [-0.05, 0) is 12.1 Å². The average Bonchev–Trinajstić information content (AvgIpc) is 2.13. The summed E-state index contributed by atoms with van der Waals surface area (Å²) in [5, 5.41) is 3.73. The van der Waals surface area contributed by atoms with E-state index in [2.05, 4.69) is 10.3 Å². The van der Waals surface area contributed by atoms with E-state index in [-0.39, 0.29) is 0 Å². The van der Waals surface area contributed by atoms with Crippen LogP contribution in [0.25, 0.3) is 0 Å². The van der Waals surface area contributed by atoms with Crippen molar-refractivity contribution >= 4 is 34.8 Å². The average molecular weight is 218 g/mol. The van der Waals surface area contributed by atoms with Gasteiger partial charge in [-0.15, -0.1) is 0 Å². The molecule has 0 radical (unpaired) electrons. The molecule has 0 spiro atoms. The largest absolute Gasteiger partial charge is 0.370 e. The molecule has 0 unspecified atom stereocenters. The van der Waals surface area contributed by atoms with Gasteiger partial charge >= 0.3 is 0 Å². The fourth-order valence-electron chi connectivity index (χ4n) is 0.794. The second kappa shape index (κ2) is 4.35. The molecule has 1 aromatic carbocycles. The zero-order valence-corrected chi connectivity index (χ0v) is 8.52. The molecular weight excluding hydrogens is 209 g/mol. The molecule has 0 saturated heterocycles. The molecule has 0 fully saturated rings. The summed E-state index contributed by atoms with van der Waals surface area (Å²) < 4.78 is 0. The second-order valence-corrected chi connectivity index (χ2v) is 3.12. The van der Waals surface area contributed by atoms with Gasteiger partial charge in [0.15, 0.2) is 5.96 Å². The van der Waals surface area contributed by atoms with Crippen molar-refractivity contribution in [3.8, 4) is 0 Å². The third kappa shape index (κ3) is 2.50. The SMILES string of the molecule is CN=C(N)Nc1cccc(Cl)c1Cl. The third-order valence-corrected chi connectivity index (χ3v) is 2.27. The van der Waals surface area contributed by atoms with Crippen molar-refractivity contribution < 1.29 is 0 Å². The molecule has 0 amide bonds. The maximum absolute atomic E-state index is 5.89. The highest BCUT2D eigenvalue weighted by Gasteiger charge is 2.03. The molecule has 0 aromatic heterocycles. The summed E-state index contributed by atoms with van der Waals surface area (Å²) in [6.07, 6.45) is 0. The van der Waals surface area contributed by atoms with Gasteiger partial charge in [-0.3, -0.25) is 4.99 Å². The molecule has 1 rings (SSSR count). The molecule has 0 heterocycles. The summed E-state index contributed by atoms with van der Waals surface area (Å²) in [5.74, 6) is 0.296. The fraction of sp³-hybridized carbons (Fsp3) is 0.125. The Morgan fingerprint density at radius 1 is 1.46 bits per heavy atom. The number of nitrogens with zero attached hydrogens (tertiary/aromatic N) is 1. The van der Waals surface area contributed by atoms with E-state index in [1.165, 1.54) is 0 Å². The van der Waals surface area contributed by atoms with Gasteiger partial charge in [0.05, 0.1) is 15.7 Å². The van der Waals surface area contributed by atoms with Crippen LogP contribution in [0.3, 0.4) is 0 Å². The molecular formula is C8H9Cl2N3. The number of halogens is 2. The Morgan fingerprint density at radius 2 is 2.15 bits per heavy atom. The Morgan fingerprint density at radius 3 is 2.77 bits per heavy atom. The predicted octanol–water partition coefficient (Wildman–Crippen LogP) is 2.35. The maximum Gasteiger partial charge on any atom is 0.192 e. The highest BCUT2D eigenvalue weighted by atomic mass is 35.5. The summed E-state index contributed by atoms with van der Waals surface area (Å²) >= 11 is 11.7. The van der Waals surface area contributed by atoms with Crippen LogP contribution in [0.2, 0.25) is 10.0 Å². The van der Waals surface area contributed by atoms with E-state index in [1.807, 2.05) is 0 Å². The number of hydrogen-bond donors (Lipinski definition) is 2. The lowest BCUT2D eigenvalue weighted by Gasteiger charge is -2.07. The van der Waals surface area contributed by atoms with Crippen LogP contribution in [0, 0.1) is 0 Å². The molecule has 0 saturated carbocycles. The van der Waals surface area contributed by atoms with Crippen molar-refractivity contribution in [3.63, 3.8) is 0 Å². The lowest BCUT2D eigenvalue weighted by Crippen LogP contribution is -2.22. The van der Waals surface area contributed by atoms with Crippen molar-refractivity contribution in [1.29, 1.82) is 0 Å². The van der Waals surface area contributed by atoms with E-state index in [1.54, 1.807) is 25.2 Å². The van der Waals surface area contributed by atoms with E-state index >= 15 is 0 Å².